The molecule has 0 heterocycles. The fourth-order valence-electron chi connectivity index (χ4n) is 1.18. The van der Waals surface area contributed by atoms with Crippen LogP contribution in [0.3, 0.4) is 0 Å². The summed E-state index contributed by atoms with van der Waals surface area (Å²) in [7, 11) is 0. The zero-order valence-electron chi connectivity index (χ0n) is 9.00. The molecule has 0 spiro atoms. The third-order valence-corrected chi connectivity index (χ3v) is 1.92. The van der Waals surface area contributed by atoms with E-state index in [9.17, 15) is 19.7 Å². The van der Waals surface area contributed by atoms with Crippen LogP contribution >= 0.6 is 0 Å². The van der Waals surface area contributed by atoms with Crippen LogP contribution in [-0.2, 0) is 4.79 Å². The normalized spacial score (nSPS) is 9.71. The molecule has 0 unspecified atom stereocenters. The molecule has 90 valence electrons. The first-order chi connectivity index (χ1) is 7.91. The minimum absolute atomic E-state index is 0.0421. The topological polar surface area (TPSA) is 113 Å². The fraction of sp³-hybridized carbons (Fsp3) is 0.200. The van der Waals surface area contributed by atoms with Crippen LogP contribution in [0.15, 0.2) is 18.2 Å². The number of nitro groups is 1. The van der Waals surface area contributed by atoms with E-state index < -0.39 is 23.2 Å². The summed E-state index contributed by atoms with van der Waals surface area (Å²) in [5.74, 6) is -0.993. The number of rotatable bonds is 5. The Morgan fingerprint density at radius 3 is 2.59 bits per heavy atom. The van der Waals surface area contributed by atoms with E-state index in [1.165, 1.54) is 19.1 Å². The van der Waals surface area contributed by atoms with Crippen molar-refractivity contribution in [2.75, 3.05) is 6.61 Å². The van der Waals surface area contributed by atoms with Gasteiger partial charge in [-0.25, -0.2) is 0 Å². The highest BCUT2D eigenvalue weighted by atomic mass is 16.6. The monoisotopic (exact) mass is 238 g/mol. The van der Waals surface area contributed by atoms with Crippen molar-refractivity contribution in [3.05, 3.63) is 33.9 Å². The number of primary amides is 1. The lowest BCUT2D eigenvalue weighted by molar-refractivity contribution is -0.384. The number of ketones is 1. The Morgan fingerprint density at radius 1 is 1.47 bits per heavy atom. The summed E-state index contributed by atoms with van der Waals surface area (Å²) in [5.41, 5.74) is 4.71. The zero-order valence-corrected chi connectivity index (χ0v) is 9.00. The van der Waals surface area contributed by atoms with Crippen LogP contribution in [0.5, 0.6) is 5.75 Å². The van der Waals surface area contributed by atoms with E-state index >= 15 is 0 Å². The summed E-state index contributed by atoms with van der Waals surface area (Å²) < 4.78 is 4.98. The fourth-order valence-corrected chi connectivity index (χ4v) is 1.18. The van der Waals surface area contributed by atoms with Gasteiger partial charge in [0.2, 0.25) is 0 Å². The molecule has 0 saturated heterocycles. The predicted molar refractivity (Wildman–Crippen MR) is 57.8 cm³/mol. The Hall–Kier alpha value is -2.44. The quantitative estimate of drug-likeness (QED) is 0.460. The van der Waals surface area contributed by atoms with Crippen molar-refractivity contribution in [1.29, 1.82) is 0 Å². The van der Waals surface area contributed by atoms with E-state index in [1.54, 1.807) is 0 Å². The number of hydrogen-bond donors (Lipinski definition) is 1. The molecule has 0 aliphatic rings. The lowest BCUT2D eigenvalue weighted by Crippen LogP contribution is -2.20. The van der Waals surface area contributed by atoms with Crippen LogP contribution in [0.25, 0.3) is 0 Å². The number of nitro benzene ring substituents is 1. The van der Waals surface area contributed by atoms with Gasteiger partial charge >= 0.3 is 0 Å². The van der Waals surface area contributed by atoms with E-state index in [2.05, 4.69) is 0 Å². The maximum atomic E-state index is 11.3. The smallest absolute Gasteiger partial charge is 0.270 e. The van der Waals surface area contributed by atoms with Gasteiger partial charge < -0.3 is 10.5 Å². The van der Waals surface area contributed by atoms with Crippen molar-refractivity contribution < 1.29 is 19.2 Å². The molecule has 1 aromatic rings. The Bertz CT molecular complexity index is 484. The molecule has 0 aliphatic carbocycles. The van der Waals surface area contributed by atoms with Gasteiger partial charge in [-0.2, -0.15) is 0 Å². The van der Waals surface area contributed by atoms with Crippen LogP contribution < -0.4 is 10.5 Å². The number of nitrogens with zero attached hydrogens (tertiary/aromatic N) is 1. The summed E-state index contributed by atoms with van der Waals surface area (Å²) in [5, 5.41) is 10.5. The average molecular weight is 238 g/mol. The third kappa shape index (κ3) is 3.26. The number of non-ortho nitro benzene ring substituents is 1. The second-order valence-electron chi connectivity index (χ2n) is 3.25. The largest absolute Gasteiger partial charge is 0.483 e. The molecule has 1 amide bonds. The molecular formula is C10H10N2O5. The van der Waals surface area contributed by atoms with E-state index in [-0.39, 0.29) is 17.0 Å². The highest BCUT2D eigenvalue weighted by Crippen LogP contribution is 2.24. The van der Waals surface area contributed by atoms with Gasteiger partial charge in [0.25, 0.3) is 11.6 Å². The van der Waals surface area contributed by atoms with Gasteiger partial charge in [-0.1, -0.05) is 0 Å². The van der Waals surface area contributed by atoms with Crippen LogP contribution in [0, 0.1) is 10.1 Å². The molecule has 0 atom stereocenters. The zero-order chi connectivity index (χ0) is 13.0. The van der Waals surface area contributed by atoms with Crippen LogP contribution in [0.4, 0.5) is 5.69 Å². The molecule has 1 aromatic carbocycles. The number of Topliss-reactive ketones (excluding diaryl/α,β-unsaturated/α-hetero) is 1. The van der Waals surface area contributed by atoms with Gasteiger partial charge in [0.1, 0.15) is 5.75 Å². The standard InChI is InChI=1S/C10H10N2O5/c1-6(13)8-4-7(12(15)16)2-3-9(8)17-5-10(11)14/h2-4H,5H2,1H3,(H2,11,14). The van der Waals surface area contributed by atoms with Crippen molar-refractivity contribution >= 4 is 17.4 Å². The molecule has 0 aromatic heterocycles. The first kappa shape index (κ1) is 12.6. The highest BCUT2D eigenvalue weighted by molar-refractivity contribution is 5.97. The van der Waals surface area contributed by atoms with E-state index in [0.29, 0.717) is 0 Å². The van der Waals surface area contributed by atoms with Gasteiger partial charge in [0, 0.05) is 12.1 Å². The van der Waals surface area contributed by atoms with Crippen molar-refractivity contribution in [3.8, 4) is 5.75 Å². The molecule has 2 N–H and O–H groups in total. The van der Waals surface area contributed by atoms with Crippen LogP contribution in [0.2, 0.25) is 0 Å². The van der Waals surface area contributed by atoms with Gasteiger partial charge in [0.05, 0.1) is 10.5 Å². The van der Waals surface area contributed by atoms with Crippen molar-refractivity contribution in [1.82, 2.24) is 0 Å². The van der Waals surface area contributed by atoms with Crippen LogP contribution in [-0.4, -0.2) is 23.2 Å². The molecule has 17 heavy (non-hydrogen) atoms. The summed E-state index contributed by atoms with van der Waals surface area (Å²) in [6.07, 6.45) is 0. The summed E-state index contributed by atoms with van der Waals surface area (Å²) >= 11 is 0. The lowest BCUT2D eigenvalue weighted by atomic mass is 10.1. The maximum absolute atomic E-state index is 11.3. The SMILES string of the molecule is CC(=O)c1cc([N+](=O)[O-])ccc1OCC(N)=O. The van der Waals surface area contributed by atoms with Crippen molar-refractivity contribution in [3.63, 3.8) is 0 Å². The predicted octanol–water partition coefficient (Wildman–Crippen LogP) is 0.662. The molecule has 0 aliphatic heterocycles. The highest BCUT2D eigenvalue weighted by Gasteiger charge is 2.15. The molecule has 0 radical (unpaired) electrons. The maximum Gasteiger partial charge on any atom is 0.270 e. The average Bonchev–Trinajstić information content (AvgIpc) is 2.25. The first-order valence-corrected chi connectivity index (χ1v) is 4.62. The summed E-state index contributed by atoms with van der Waals surface area (Å²) in [6, 6.07) is 3.54. The van der Waals surface area contributed by atoms with Crippen molar-refractivity contribution in [2.45, 2.75) is 6.92 Å². The number of nitrogens with two attached hydrogens (primary N) is 1. The summed E-state index contributed by atoms with van der Waals surface area (Å²) in [4.78, 5) is 31.7. The molecule has 7 nitrogen and oxygen atoms in total. The second-order valence-corrected chi connectivity index (χ2v) is 3.25. The minimum Gasteiger partial charge on any atom is -0.483 e. The van der Waals surface area contributed by atoms with E-state index in [1.807, 2.05) is 0 Å². The van der Waals surface area contributed by atoms with Gasteiger partial charge in [0.15, 0.2) is 12.4 Å². The first-order valence-electron chi connectivity index (χ1n) is 4.62. The van der Waals surface area contributed by atoms with Gasteiger partial charge in [-0.05, 0) is 13.0 Å². The van der Waals surface area contributed by atoms with E-state index in [4.69, 9.17) is 10.5 Å². The summed E-state index contributed by atoms with van der Waals surface area (Å²) in [6.45, 7) is 0.855. The molecular weight excluding hydrogens is 228 g/mol. The van der Waals surface area contributed by atoms with E-state index in [0.717, 1.165) is 6.07 Å². The van der Waals surface area contributed by atoms with Crippen LogP contribution in [0.1, 0.15) is 17.3 Å². The molecule has 1 rings (SSSR count). The number of carbonyl (C=O) groups excluding carboxylic acids is 2. The number of hydrogen-bond acceptors (Lipinski definition) is 5. The van der Waals surface area contributed by atoms with Gasteiger partial charge in [-0.3, -0.25) is 19.7 Å². The Labute approximate surface area is 96.3 Å². The minimum atomic E-state index is -0.696. The molecule has 0 saturated carbocycles. The number of carbonyl (C=O) groups is 2. The lowest BCUT2D eigenvalue weighted by Gasteiger charge is -2.07. The number of ether oxygens (including phenoxy) is 1. The van der Waals surface area contributed by atoms with Crippen molar-refractivity contribution in [2.24, 2.45) is 5.73 Å². The Kier molecular flexibility index (Phi) is 3.76. The van der Waals surface area contributed by atoms with Gasteiger partial charge in [-0.15, -0.1) is 0 Å². The molecule has 0 bridgehead atoms. The molecule has 7 heteroatoms. The molecule has 0 fully saturated rings. The number of amides is 1. The third-order valence-electron chi connectivity index (χ3n) is 1.92. The Morgan fingerprint density at radius 2 is 2.12 bits per heavy atom. The Balaban J connectivity index is 3.08. The number of benzene rings is 1. The second kappa shape index (κ2) is 5.06.